The van der Waals surface area contributed by atoms with Gasteiger partial charge in [-0.1, -0.05) is 60.7 Å². The third kappa shape index (κ3) is 2.70. The van der Waals surface area contributed by atoms with Crippen molar-refractivity contribution in [3.05, 3.63) is 87.0 Å². The fourth-order valence-corrected chi connectivity index (χ4v) is 5.56. The van der Waals surface area contributed by atoms with Crippen LogP contribution in [0.4, 0.5) is 0 Å². The summed E-state index contributed by atoms with van der Waals surface area (Å²) in [5, 5.41) is 0. The quantitative estimate of drug-likeness (QED) is 0.316. The third-order valence-electron chi connectivity index (χ3n) is 7.31. The molecule has 1 heterocycles. The van der Waals surface area contributed by atoms with Crippen molar-refractivity contribution >= 4 is 35.2 Å². The molecule has 1 aliphatic heterocycles. The average Bonchev–Trinajstić information content (AvgIpc) is 3.10. The van der Waals surface area contributed by atoms with E-state index in [1.807, 2.05) is 0 Å². The largest absolute Gasteiger partial charge is 0.496 e. The van der Waals surface area contributed by atoms with Crippen molar-refractivity contribution in [3.63, 3.8) is 0 Å². The lowest BCUT2D eigenvalue weighted by Crippen LogP contribution is -2.41. The number of benzene rings is 3. The van der Waals surface area contributed by atoms with Crippen LogP contribution < -0.4 is 5.46 Å². The zero-order valence-corrected chi connectivity index (χ0v) is 20.3. The molecule has 5 rings (SSSR count). The van der Waals surface area contributed by atoms with Crippen LogP contribution in [0.25, 0.3) is 11.1 Å². The molecule has 2 aliphatic rings. The lowest BCUT2D eigenvalue weighted by atomic mass is 9.71. The minimum atomic E-state index is -0.386. The molecule has 0 radical (unpaired) electrons. The van der Waals surface area contributed by atoms with Crippen molar-refractivity contribution in [2.24, 2.45) is 0 Å². The molecule has 0 aromatic heterocycles. The van der Waals surface area contributed by atoms with E-state index in [0.29, 0.717) is 0 Å². The summed E-state index contributed by atoms with van der Waals surface area (Å²) in [6, 6.07) is 24.1. The number of halogens is 1. The van der Waals surface area contributed by atoms with Gasteiger partial charge in [-0.2, -0.15) is 0 Å². The van der Waals surface area contributed by atoms with Crippen LogP contribution in [-0.4, -0.2) is 18.3 Å². The van der Waals surface area contributed by atoms with Gasteiger partial charge in [-0.3, -0.25) is 0 Å². The van der Waals surface area contributed by atoms with Gasteiger partial charge in [-0.15, -0.1) is 0 Å². The van der Waals surface area contributed by atoms with Crippen molar-refractivity contribution in [2.45, 2.75) is 51.2 Å². The summed E-state index contributed by atoms with van der Waals surface area (Å²) in [4.78, 5) is 0. The molecule has 1 fully saturated rings. The summed E-state index contributed by atoms with van der Waals surface area (Å²) < 4.78 is 14.2. The van der Waals surface area contributed by atoms with E-state index in [1.54, 1.807) is 0 Å². The Kier molecular flexibility index (Phi) is 4.52. The van der Waals surface area contributed by atoms with Gasteiger partial charge in [0, 0.05) is 14.4 Å². The second-order valence-corrected chi connectivity index (χ2v) is 10.7. The molecule has 30 heavy (non-hydrogen) atoms. The second kappa shape index (κ2) is 6.68. The SMILES string of the molecule is CC1(c2ccccc2)c2ccccc2-c2c1ccc(I)c2B1OC(C)(C)C(C)(C)O1. The van der Waals surface area contributed by atoms with E-state index >= 15 is 0 Å². The Morgan fingerprint density at radius 2 is 1.30 bits per heavy atom. The van der Waals surface area contributed by atoms with Crippen LogP contribution in [0.2, 0.25) is 0 Å². The van der Waals surface area contributed by atoms with Crippen molar-refractivity contribution in [1.29, 1.82) is 0 Å². The Morgan fingerprint density at radius 3 is 1.97 bits per heavy atom. The fraction of sp³-hybridized carbons (Fsp3) is 0.308. The minimum absolute atomic E-state index is 0.212. The first-order valence-corrected chi connectivity index (χ1v) is 11.6. The summed E-state index contributed by atoms with van der Waals surface area (Å²) >= 11 is 2.43. The Bertz CT molecular complexity index is 1120. The maximum Gasteiger partial charge on any atom is 0.496 e. The van der Waals surface area contributed by atoms with Crippen molar-refractivity contribution < 1.29 is 9.31 Å². The molecular formula is C26H26BIO2. The Labute approximate surface area is 193 Å². The van der Waals surface area contributed by atoms with Crippen LogP contribution in [0.15, 0.2) is 66.7 Å². The molecule has 0 N–H and O–H groups in total. The molecule has 3 aromatic rings. The van der Waals surface area contributed by atoms with Gasteiger partial charge in [-0.05, 0) is 91.1 Å². The number of hydrogen-bond donors (Lipinski definition) is 0. The monoisotopic (exact) mass is 508 g/mol. The second-order valence-electron chi connectivity index (χ2n) is 9.51. The van der Waals surface area contributed by atoms with Gasteiger partial charge in [0.2, 0.25) is 0 Å². The molecule has 2 nitrogen and oxygen atoms in total. The molecule has 3 aromatic carbocycles. The summed E-state index contributed by atoms with van der Waals surface area (Å²) in [5.74, 6) is 0. The standard InChI is InChI=1S/C26H26BIO2/c1-24(2)25(3,4)30-27(29-24)23-21(28)16-15-20-22(23)18-13-9-10-14-19(18)26(20,5)17-11-7-6-8-12-17/h6-16H,1-5H3. The topological polar surface area (TPSA) is 18.5 Å². The Hall–Kier alpha value is -1.63. The molecule has 1 aliphatic carbocycles. The van der Waals surface area contributed by atoms with Gasteiger partial charge in [0.05, 0.1) is 11.2 Å². The molecule has 0 amide bonds. The van der Waals surface area contributed by atoms with Gasteiger partial charge in [0.15, 0.2) is 0 Å². The molecule has 1 saturated heterocycles. The average molecular weight is 508 g/mol. The van der Waals surface area contributed by atoms with Crippen LogP contribution in [0.5, 0.6) is 0 Å². The fourth-order valence-electron chi connectivity index (χ4n) is 4.86. The first-order valence-electron chi connectivity index (χ1n) is 10.5. The first kappa shape index (κ1) is 20.3. The van der Waals surface area contributed by atoms with Gasteiger partial charge >= 0.3 is 7.12 Å². The van der Waals surface area contributed by atoms with Gasteiger partial charge in [0.1, 0.15) is 0 Å². The molecular weight excluding hydrogens is 482 g/mol. The van der Waals surface area contributed by atoms with Crippen molar-refractivity contribution in [2.75, 3.05) is 0 Å². The van der Waals surface area contributed by atoms with E-state index in [9.17, 15) is 0 Å². The van der Waals surface area contributed by atoms with Crippen molar-refractivity contribution in [3.8, 4) is 11.1 Å². The van der Waals surface area contributed by atoms with E-state index in [0.717, 1.165) is 5.46 Å². The van der Waals surface area contributed by atoms with Crippen LogP contribution in [0, 0.1) is 3.57 Å². The lowest BCUT2D eigenvalue weighted by molar-refractivity contribution is 0.00578. The third-order valence-corrected chi connectivity index (χ3v) is 8.25. The van der Waals surface area contributed by atoms with E-state index in [4.69, 9.17) is 9.31 Å². The van der Waals surface area contributed by atoms with Crippen LogP contribution in [0.1, 0.15) is 51.3 Å². The van der Waals surface area contributed by atoms with Crippen LogP contribution >= 0.6 is 22.6 Å². The van der Waals surface area contributed by atoms with Crippen molar-refractivity contribution in [1.82, 2.24) is 0 Å². The molecule has 1 unspecified atom stereocenters. The van der Waals surface area contributed by atoms with E-state index in [-0.39, 0.29) is 23.7 Å². The number of hydrogen-bond acceptors (Lipinski definition) is 2. The molecule has 4 heteroatoms. The number of fused-ring (bicyclic) bond motifs is 3. The van der Waals surface area contributed by atoms with Crippen LogP contribution in [0.3, 0.4) is 0 Å². The van der Waals surface area contributed by atoms with Gasteiger partial charge in [0.25, 0.3) is 0 Å². The zero-order chi connectivity index (χ0) is 21.3. The normalized spacial score (nSPS) is 23.3. The lowest BCUT2D eigenvalue weighted by Gasteiger charge is -2.32. The van der Waals surface area contributed by atoms with E-state index in [2.05, 4.69) is 124 Å². The first-order chi connectivity index (χ1) is 14.2. The maximum atomic E-state index is 6.52. The summed E-state index contributed by atoms with van der Waals surface area (Å²) in [6.45, 7) is 10.8. The highest BCUT2D eigenvalue weighted by molar-refractivity contribution is 14.1. The van der Waals surface area contributed by atoms with Crippen LogP contribution in [-0.2, 0) is 14.7 Å². The smallest absolute Gasteiger partial charge is 0.399 e. The summed E-state index contributed by atoms with van der Waals surface area (Å²) in [6.07, 6.45) is 0. The molecule has 0 spiro atoms. The molecule has 152 valence electrons. The molecule has 0 bridgehead atoms. The highest BCUT2D eigenvalue weighted by Gasteiger charge is 2.54. The Balaban J connectivity index is 1.79. The zero-order valence-electron chi connectivity index (χ0n) is 18.1. The predicted molar refractivity (Wildman–Crippen MR) is 132 cm³/mol. The highest BCUT2D eigenvalue weighted by atomic mass is 127. The van der Waals surface area contributed by atoms with E-state index in [1.165, 1.54) is 31.4 Å². The van der Waals surface area contributed by atoms with Gasteiger partial charge in [-0.25, -0.2) is 0 Å². The molecule has 1 atom stereocenters. The highest BCUT2D eigenvalue weighted by Crippen LogP contribution is 2.52. The predicted octanol–water partition coefficient (Wildman–Crippen LogP) is 5.93. The van der Waals surface area contributed by atoms with E-state index < -0.39 is 0 Å². The summed E-state index contributed by atoms with van der Waals surface area (Å²) in [7, 11) is -0.386. The number of rotatable bonds is 2. The molecule has 0 saturated carbocycles. The maximum absolute atomic E-state index is 6.52. The van der Waals surface area contributed by atoms with Gasteiger partial charge < -0.3 is 9.31 Å². The summed E-state index contributed by atoms with van der Waals surface area (Å²) in [5.41, 5.74) is 6.71. The minimum Gasteiger partial charge on any atom is -0.399 e. The Morgan fingerprint density at radius 1 is 0.700 bits per heavy atom.